The highest BCUT2D eigenvalue weighted by Crippen LogP contribution is 2.24. The minimum Gasteiger partial charge on any atom is -0.465 e. The number of sulfonamides is 1. The smallest absolute Gasteiger partial charge is 0.337 e. The summed E-state index contributed by atoms with van der Waals surface area (Å²) in [6.07, 6.45) is 3.64. The van der Waals surface area contributed by atoms with Crippen molar-refractivity contribution in [2.45, 2.75) is 24.3 Å². The van der Waals surface area contributed by atoms with Gasteiger partial charge in [-0.25, -0.2) is 13.2 Å². The zero-order valence-corrected chi connectivity index (χ0v) is 16.8. The monoisotopic (exact) mass is 418 g/mol. The highest BCUT2D eigenvalue weighted by atomic mass is 32.2. The lowest BCUT2D eigenvalue weighted by atomic mass is 9.98. The first-order valence-corrected chi connectivity index (χ1v) is 10.6. The molecule has 0 spiro atoms. The Morgan fingerprint density at radius 3 is 2.41 bits per heavy atom. The van der Waals surface area contributed by atoms with Gasteiger partial charge in [0.1, 0.15) is 11.5 Å². The molecule has 0 N–H and O–H groups in total. The molecule has 0 saturated carbocycles. The molecule has 2 heterocycles. The SMILES string of the molecule is COC(=O)c1ccc(COC(=O)C2CCN(S(=O)(=O)c3cccnc3)CC2)cc1. The van der Waals surface area contributed by atoms with Gasteiger partial charge in [0.05, 0.1) is 18.6 Å². The van der Waals surface area contributed by atoms with Gasteiger partial charge in [0.25, 0.3) is 0 Å². The van der Waals surface area contributed by atoms with E-state index in [1.807, 2.05) is 0 Å². The standard InChI is InChI=1S/C20H22N2O6S/c1-27-19(23)16-6-4-15(5-7-16)14-28-20(24)17-8-11-22(12-9-17)29(25,26)18-3-2-10-21-13-18/h2-7,10,13,17H,8-9,11-12,14H2,1H3. The van der Waals surface area contributed by atoms with Crippen LogP contribution in [-0.2, 0) is 30.9 Å². The molecule has 9 heteroatoms. The van der Waals surface area contributed by atoms with Gasteiger partial charge in [-0.2, -0.15) is 4.31 Å². The molecule has 1 aromatic heterocycles. The second kappa shape index (κ2) is 9.15. The summed E-state index contributed by atoms with van der Waals surface area (Å²) in [5.41, 5.74) is 1.17. The first-order valence-electron chi connectivity index (χ1n) is 9.16. The van der Waals surface area contributed by atoms with Crippen LogP contribution in [0.25, 0.3) is 0 Å². The second-order valence-electron chi connectivity index (χ2n) is 6.66. The fraction of sp³-hybridized carbons (Fsp3) is 0.350. The average Bonchev–Trinajstić information content (AvgIpc) is 2.78. The van der Waals surface area contributed by atoms with Gasteiger partial charge in [0, 0.05) is 25.5 Å². The fourth-order valence-electron chi connectivity index (χ4n) is 3.11. The maximum absolute atomic E-state index is 12.6. The third kappa shape index (κ3) is 4.99. The topological polar surface area (TPSA) is 103 Å². The lowest BCUT2D eigenvalue weighted by molar-refractivity contribution is -0.151. The minimum absolute atomic E-state index is 0.0917. The average molecular weight is 418 g/mol. The number of ether oxygens (including phenoxy) is 2. The fourth-order valence-corrected chi connectivity index (χ4v) is 4.54. The molecule has 0 amide bonds. The summed E-state index contributed by atoms with van der Waals surface area (Å²) in [6.45, 7) is 0.601. The number of pyridine rings is 1. The van der Waals surface area contributed by atoms with Crippen LogP contribution in [0.15, 0.2) is 53.7 Å². The van der Waals surface area contributed by atoms with Crippen LogP contribution < -0.4 is 0 Å². The van der Waals surface area contributed by atoms with Gasteiger partial charge in [0.15, 0.2) is 0 Å². The highest BCUT2D eigenvalue weighted by molar-refractivity contribution is 7.89. The van der Waals surface area contributed by atoms with Crippen LogP contribution in [0.4, 0.5) is 0 Å². The van der Waals surface area contributed by atoms with Crippen molar-refractivity contribution in [1.29, 1.82) is 0 Å². The minimum atomic E-state index is -3.60. The molecule has 1 saturated heterocycles. The van der Waals surface area contributed by atoms with Crippen molar-refractivity contribution in [2.24, 2.45) is 5.92 Å². The van der Waals surface area contributed by atoms with Crippen molar-refractivity contribution in [3.63, 3.8) is 0 Å². The molecule has 1 aromatic carbocycles. The molecule has 8 nitrogen and oxygen atoms in total. The van der Waals surface area contributed by atoms with Crippen molar-refractivity contribution in [2.75, 3.05) is 20.2 Å². The summed E-state index contributed by atoms with van der Waals surface area (Å²) in [5, 5.41) is 0. The van der Waals surface area contributed by atoms with Crippen LogP contribution in [0.3, 0.4) is 0 Å². The van der Waals surface area contributed by atoms with E-state index in [1.165, 1.54) is 29.9 Å². The molecule has 1 aliphatic rings. The van der Waals surface area contributed by atoms with Crippen molar-refractivity contribution in [3.8, 4) is 0 Å². The number of piperidine rings is 1. The number of esters is 2. The number of methoxy groups -OCH3 is 1. The van der Waals surface area contributed by atoms with Gasteiger partial charge < -0.3 is 9.47 Å². The van der Waals surface area contributed by atoms with E-state index < -0.39 is 16.0 Å². The van der Waals surface area contributed by atoms with E-state index in [-0.39, 0.29) is 36.5 Å². The number of hydrogen-bond donors (Lipinski definition) is 0. The molecule has 29 heavy (non-hydrogen) atoms. The van der Waals surface area contributed by atoms with Crippen LogP contribution in [0, 0.1) is 5.92 Å². The van der Waals surface area contributed by atoms with Crippen molar-refractivity contribution in [3.05, 3.63) is 59.9 Å². The molecule has 0 unspecified atom stereocenters. The van der Waals surface area contributed by atoms with Gasteiger partial charge in [-0.1, -0.05) is 12.1 Å². The van der Waals surface area contributed by atoms with Gasteiger partial charge in [-0.05, 0) is 42.7 Å². The summed E-state index contributed by atoms with van der Waals surface area (Å²) in [7, 11) is -2.29. The van der Waals surface area contributed by atoms with E-state index in [0.29, 0.717) is 18.4 Å². The molecule has 3 rings (SSSR count). The van der Waals surface area contributed by atoms with Crippen LogP contribution in [0.2, 0.25) is 0 Å². The van der Waals surface area contributed by atoms with Crippen molar-refractivity contribution in [1.82, 2.24) is 9.29 Å². The molecule has 0 bridgehead atoms. The number of aromatic nitrogens is 1. The molecule has 2 aromatic rings. The predicted octanol–water partition coefficient (Wildman–Crippen LogP) is 2.01. The van der Waals surface area contributed by atoms with Crippen LogP contribution in [-0.4, -0.2) is 49.8 Å². The number of benzene rings is 1. The lowest BCUT2D eigenvalue weighted by Gasteiger charge is -2.30. The third-order valence-corrected chi connectivity index (χ3v) is 6.70. The number of rotatable bonds is 6. The van der Waals surface area contributed by atoms with E-state index in [9.17, 15) is 18.0 Å². The van der Waals surface area contributed by atoms with Crippen molar-refractivity contribution < 1.29 is 27.5 Å². The second-order valence-corrected chi connectivity index (χ2v) is 8.60. The first kappa shape index (κ1) is 20.9. The number of carbonyl (C=O) groups is 2. The maximum atomic E-state index is 12.6. The van der Waals surface area contributed by atoms with Crippen molar-refractivity contribution >= 4 is 22.0 Å². The molecule has 1 fully saturated rings. The van der Waals surface area contributed by atoms with E-state index >= 15 is 0 Å². The Morgan fingerprint density at radius 1 is 1.14 bits per heavy atom. The number of hydrogen-bond acceptors (Lipinski definition) is 7. The summed E-state index contributed by atoms with van der Waals surface area (Å²) in [4.78, 5) is 27.8. The molecule has 0 atom stereocenters. The molecule has 154 valence electrons. The molecular weight excluding hydrogens is 396 g/mol. The Morgan fingerprint density at radius 2 is 1.83 bits per heavy atom. The first-order chi connectivity index (χ1) is 13.9. The summed E-state index contributed by atoms with van der Waals surface area (Å²) >= 11 is 0. The van der Waals surface area contributed by atoms with E-state index in [4.69, 9.17) is 4.74 Å². The Bertz CT molecular complexity index is 952. The highest BCUT2D eigenvalue weighted by Gasteiger charge is 2.32. The quantitative estimate of drug-likeness (QED) is 0.661. The Labute approximate surface area is 169 Å². The van der Waals surface area contributed by atoms with Crippen LogP contribution in [0.5, 0.6) is 0 Å². The molecule has 1 aliphatic heterocycles. The largest absolute Gasteiger partial charge is 0.465 e. The molecule has 0 radical (unpaired) electrons. The normalized spacial score (nSPS) is 15.6. The lowest BCUT2D eigenvalue weighted by Crippen LogP contribution is -2.40. The van der Waals surface area contributed by atoms with Gasteiger partial charge >= 0.3 is 11.9 Å². The Hall–Kier alpha value is -2.78. The maximum Gasteiger partial charge on any atom is 0.337 e. The van der Waals surface area contributed by atoms with E-state index in [2.05, 4.69) is 9.72 Å². The molecule has 0 aliphatic carbocycles. The summed E-state index contributed by atoms with van der Waals surface area (Å²) < 4.78 is 36.6. The van der Waals surface area contributed by atoms with E-state index in [1.54, 1.807) is 30.3 Å². The van der Waals surface area contributed by atoms with Gasteiger partial charge in [-0.3, -0.25) is 9.78 Å². The van der Waals surface area contributed by atoms with Crippen LogP contribution >= 0.6 is 0 Å². The van der Waals surface area contributed by atoms with E-state index in [0.717, 1.165) is 5.56 Å². The third-order valence-electron chi connectivity index (χ3n) is 4.82. The Kier molecular flexibility index (Phi) is 6.60. The zero-order valence-electron chi connectivity index (χ0n) is 16.0. The number of carbonyl (C=O) groups excluding carboxylic acids is 2. The van der Waals surface area contributed by atoms with Crippen LogP contribution in [0.1, 0.15) is 28.8 Å². The molecular formula is C20H22N2O6S. The Balaban J connectivity index is 1.51. The van der Waals surface area contributed by atoms with Gasteiger partial charge in [-0.15, -0.1) is 0 Å². The summed E-state index contributed by atoms with van der Waals surface area (Å²) in [5.74, 6) is -1.12. The number of nitrogens with zero attached hydrogens (tertiary/aromatic N) is 2. The van der Waals surface area contributed by atoms with Gasteiger partial charge in [0.2, 0.25) is 10.0 Å². The summed E-state index contributed by atoms with van der Waals surface area (Å²) in [6, 6.07) is 9.70. The predicted molar refractivity (Wildman–Crippen MR) is 103 cm³/mol. The zero-order chi connectivity index (χ0) is 20.9.